The molecular weight excluding hydrogens is 692 g/mol. The summed E-state index contributed by atoms with van der Waals surface area (Å²) < 4.78 is 123. The van der Waals surface area contributed by atoms with Crippen molar-refractivity contribution in [1.29, 1.82) is 10.5 Å². The van der Waals surface area contributed by atoms with Gasteiger partial charge in [-0.05, 0) is 61.4 Å². The number of hydrogen-bond donors (Lipinski definition) is 0. The molecule has 0 aliphatic rings. The summed E-state index contributed by atoms with van der Waals surface area (Å²) in [4.78, 5) is 0. The van der Waals surface area contributed by atoms with E-state index >= 15 is 0 Å². The fraction of sp³-hybridized carbons (Fsp3) is 0.250. The molecule has 4 aromatic carbocycles. The summed E-state index contributed by atoms with van der Waals surface area (Å²) >= 11 is 0. The fourth-order valence-electron chi connectivity index (χ4n) is 4.86. The smallest absolute Gasteiger partial charge is 0.181 e. The third-order valence-corrected chi connectivity index (χ3v) is 7.70. The minimum Gasteiger partial charge on any atom is -0.494 e. The minimum atomic E-state index is -1.79. The van der Waals surface area contributed by atoms with Crippen LogP contribution in [-0.2, 0) is 0 Å². The van der Waals surface area contributed by atoms with E-state index in [9.17, 15) is 35.1 Å². The lowest BCUT2D eigenvalue weighted by molar-refractivity contribution is 0.301. The third-order valence-electron chi connectivity index (χ3n) is 7.70. The zero-order valence-electron chi connectivity index (χ0n) is 27.4. The summed E-state index contributed by atoms with van der Waals surface area (Å²) in [6.45, 7) is 0.981. The number of nitriles is 2. The van der Waals surface area contributed by atoms with Crippen LogP contribution < -0.4 is 9.47 Å². The van der Waals surface area contributed by atoms with Crippen LogP contribution in [0.5, 0.6) is 11.5 Å². The van der Waals surface area contributed by atoms with Crippen LogP contribution >= 0.6 is 0 Å². The molecule has 0 spiro atoms. The second kappa shape index (κ2) is 18.9. The van der Waals surface area contributed by atoms with Crippen LogP contribution in [0.3, 0.4) is 0 Å². The molecule has 0 atom stereocenters. The number of ether oxygens (including phenoxy) is 2. The van der Waals surface area contributed by atoms with Crippen LogP contribution in [0.4, 0.5) is 35.1 Å². The molecule has 266 valence electrons. The van der Waals surface area contributed by atoms with Crippen molar-refractivity contribution in [2.45, 2.75) is 51.4 Å². The van der Waals surface area contributed by atoms with Crippen molar-refractivity contribution in [2.75, 3.05) is 13.2 Å². The van der Waals surface area contributed by atoms with Crippen LogP contribution in [0.1, 0.15) is 84.7 Å². The van der Waals surface area contributed by atoms with E-state index in [1.54, 1.807) is 24.3 Å². The first kappa shape index (κ1) is 38.8. The number of nitrogens with zero attached hydrogens (tertiary/aromatic N) is 2. The van der Waals surface area contributed by atoms with E-state index in [0.717, 1.165) is 63.5 Å². The van der Waals surface area contributed by atoms with Gasteiger partial charge in [-0.15, -0.1) is 0 Å². The average molecular weight is 721 g/mol. The van der Waals surface area contributed by atoms with E-state index < -0.39 is 68.8 Å². The molecule has 0 amide bonds. The molecule has 0 saturated carbocycles. The average Bonchev–Trinajstić information content (AvgIpc) is 3.15. The number of halogens is 8. The lowest BCUT2D eigenvalue weighted by Crippen LogP contribution is -2.04. The molecule has 0 unspecified atom stereocenters. The van der Waals surface area contributed by atoms with E-state index in [1.165, 1.54) is 24.3 Å². The van der Waals surface area contributed by atoms with Crippen LogP contribution in [0.25, 0.3) is 0 Å². The molecule has 0 aliphatic carbocycles. The van der Waals surface area contributed by atoms with Gasteiger partial charge >= 0.3 is 0 Å². The van der Waals surface area contributed by atoms with Crippen molar-refractivity contribution in [2.24, 2.45) is 0 Å². The molecular formula is C40H28F8N2O2. The van der Waals surface area contributed by atoms with Gasteiger partial charge in [-0.25, -0.2) is 35.1 Å². The van der Waals surface area contributed by atoms with Gasteiger partial charge in [0.15, 0.2) is 46.5 Å². The lowest BCUT2D eigenvalue weighted by atomic mass is 10.1. The number of unbranched alkanes of at least 4 members (excludes halogenated alkanes) is 7. The van der Waals surface area contributed by atoms with Crippen LogP contribution in [0.15, 0.2) is 48.5 Å². The Bertz CT molecular complexity index is 1900. The van der Waals surface area contributed by atoms with E-state index in [2.05, 4.69) is 23.7 Å². The van der Waals surface area contributed by atoms with E-state index in [0.29, 0.717) is 35.8 Å². The van der Waals surface area contributed by atoms with E-state index in [4.69, 9.17) is 20.0 Å². The SMILES string of the molecule is N#Cc1c(F)c(F)c(C#Cc2ccc(OCCCCCCCCCCOc3ccc(C#Cc4c(F)c(F)c(C#N)c(F)c4F)cc3)cc2)c(F)c1F. The number of rotatable bonds is 13. The van der Waals surface area contributed by atoms with Crippen LogP contribution in [0, 0.1) is 92.9 Å². The van der Waals surface area contributed by atoms with Crippen molar-refractivity contribution >= 4 is 0 Å². The van der Waals surface area contributed by atoms with Crippen molar-refractivity contribution in [3.05, 3.63) is 128 Å². The topological polar surface area (TPSA) is 66.0 Å². The molecule has 4 rings (SSSR count). The molecule has 0 heterocycles. The Kier molecular flexibility index (Phi) is 14.1. The summed E-state index contributed by atoms with van der Waals surface area (Å²) in [6, 6.07) is 14.8. The van der Waals surface area contributed by atoms with Crippen molar-refractivity contribution in [1.82, 2.24) is 0 Å². The maximum absolute atomic E-state index is 14.1. The number of hydrogen-bond acceptors (Lipinski definition) is 4. The second-order valence-electron chi connectivity index (χ2n) is 11.3. The summed E-state index contributed by atoms with van der Waals surface area (Å²) in [5.41, 5.74) is -4.22. The fourth-order valence-corrected chi connectivity index (χ4v) is 4.86. The van der Waals surface area contributed by atoms with Gasteiger partial charge in [-0.1, -0.05) is 62.2 Å². The van der Waals surface area contributed by atoms with Gasteiger partial charge in [-0.2, -0.15) is 10.5 Å². The molecule has 0 radical (unpaired) electrons. The Morgan fingerprint density at radius 1 is 0.365 bits per heavy atom. The number of benzene rings is 4. The van der Waals surface area contributed by atoms with Crippen LogP contribution in [0.2, 0.25) is 0 Å². The van der Waals surface area contributed by atoms with Crippen molar-refractivity contribution in [3.63, 3.8) is 0 Å². The maximum atomic E-state index is 14.1. The van der Waals surface area contributed by atoms with Gasteiger partial charge in [0.25, 0.3) is 0 Å². The molecule has 52 heavy (non-hydrogen) atoms. The Morgan fingerprint density at radius 2 is 0.635 bits per heavy atom. The molecule has 0 fully saturated rings. The zero-order chi connectivity index (χ0) is 37.6. The van der Waals surface area contributed by atoms with Crippen molar-refractivity contribution < 1.29 is 44.6 Å². The van der Waals surface area contributed by atoms with Gasteiger partial charge in [0.05, 0.1) is 13.2 Å². The van der Waals surface area contributed by atoms with Gasteiger partial charge in [-0.3, -0.25) is 0 Å². The highest BCUT2D eigenvalue weighted by Crippen LogP contribution is 2.25. The van der Waals surface area contributed by atoms with Gasteiger partial charge < -0.3 is 9.47 Å². The molecule has 4 aromatic rings. The third kappa shape index (κ3) is 9.83. The lowest BCUT2D eigenvalue weighted by Gasteiger charge is -2.07. The van der Waals surface area contributed by atoms with Gasteiger partial charge in [0.2, 0.25) is 0 Å². The van der Waals surface area contributed by atoms with Gasteiger partial charge in [0, 0.05) is 11.1 Å². The molecule has 0 aliphatic heterocycles. The molecule has 0 N–H and O–H groups in total. The second-order valence-corrected chi connectivity index (χ2v) is 11.3. The molecule has 0 aromatic heterocycles. The summed E-state index contributed by atoms with van der Waals surface area (Å²) in [5, 5.41) is 17.3. The predicted octanol–water partition coefficient (Wildman–Crippen LogP) is 9.92. The Labute approximate surface area is 295 Å². The first-order valence-electron chi connectivity index (χ1n) is 16.1. The van der Waals surface area contributed by atoms with E-state index in [1.807, 2.05) is 0 Å². The highest BCUT2D eigenvalue weighted by atomic mass is 19.2. The monoisotopic (exact) mass is 720 g/mol. The van der Waals surface area contributed by atoms with E-state index in [-0.39, 0.29) is 0 Å². The summed E-state index contributed by atoms with van der Waals surface area (Å²) in [7, 11) is 0. The molecule has 4 nitrogen and oxygen atoms in total. The predicted molar refractivity (Wildman–Crippen MR) is 175 cm³/mol. The first-order valence-corrected chi connectivity index (χ1v) is 16.1. The molecule has 0 bridgehead atoms. The standard InChI is InChI=1S/C40H28F8N2O2/c41-33-29(34(42)38(46)31(23-49)37(33)45)19-13-25-9-15-27(16-10-25)51-21-7-5-3-1-2-4-6-8-22-52-28-17-11-26(12-18-28)14-20-30-35(43)39(47)32(24-50)40(48)36(30)44/h9-12,15-18H,1-8,21-22H2. The summed E-state index contributed by atoms with van der Waals surface area (Å²) in [6.07, 6.45) is 7.87. The van der Waals surface area contributed by atoms with Gasteiger partial charge in [0.1, 0.15) is 45.9 Å². The maximum Gasteiger partial charge on any atom is 0.181 e. The zero-order valence-corrected chi connectivity index (χ0v) is 27.4. The minimum absolute atomic E-state index is 0.334. The highest BCUT2D eigenvalue weighted by Gasteiger charge is 2.25. The Balaban J connectivity index is 1.06. The Hall–Kier alpha value is -5.98. The Morgan fingerprint density at radius 3 is 0.923 bits per heavy atom. The summed E-state index contributed by atoms with van der Waals surface area (Å²) in [5.74, 6) is -3.90. The normalized spacial score (nSPS) is 10.3. The van der Waals surface area contributed by atoms with Crippen LogP contribution in [-0.4, -0.2) is 13.2 Å². The largest absolute Gasteiger partial charge is 0.494 e. The van der Waals surface area contributed by atoms with Crippen molar-refractivity contribution in [3.8, 4) is 47.3 Å². The molecule has 12 heteroatoms. The quantitative estimate of drug-likeness (QED) is 0.0597. The highest BCUT2D eigenvalue weighted by molar-refractivity contribution is 5.50. The molecule has 0 saturated heterocycles. The first-order chi connectivity index (χ1) is 25.1.